The average molecular weight is 287 g/mol. The number of aliphatic imine (C=N–C) groups is 1. The number of carbonyl (C=O) groups excluding carboxylic acids is 1. The molecule has 0 saturated carbocycles. The van der Waals surface area contributed by atoms with Gasteiger partial charge in [-0.2, -0.15) is 0 Å². The van der Waals surface area contributed by atoms with Crippen molar-refractivity contribution in [2.75, 3.05) is 0 Å². The highest BCUT2D eigenvalue weighted by Crippen LogP contribution is 2.32. The molecule has 0 unspecified atom stereocenters. The van der Waals surface area contributed by atoms with Gasteiger partial charge in [0, 0.05) is 5.56 Å². The molecule has 1 aliphatic heterocycles. The molecule has 0 aliphatic carbocycles. The number of amides is 1. The van der Waals surface area contributed by atoms with Crippen LogP contribution >= 0.6 is 0 Å². The maximum Gasteiger partial charge on any atom is 0.273 e. The summed E-state index contributed by atoms with van der Waals surface area (Å²) in [4.78, 5) is 16.1. The van der Waals surface area contributed by atoms with Gasteiger partial charge in [-0.15, -0.1) is 0 Å². The standard InChI is InChI=1S/C16H21N3O2/c1-8-6-11-12(10(3)9(8)2)7-16(4,5)18-13(11)14(19-21)15(17)20/h6,21H,7H2,1-5H3,(H2,17,20)/b19-14-. The highest BCUT2D eigenvalue weighted by atomic mass is 16.4. The Morgan fingerprint density at radius 2 is 1.95 bits per heavy atom. The number of primary amides is 1. The maximum absolute atomic E-state index is 11.5. The molecule has 2 rings (SSSR count). The Hall–Kier alpha value is -2.17. The molecular weight excluding hydrogens is 266 g/mol. The Labute approximate surface area is 124 Å². The molecule has 0 saturated heterocycles. The van der Waals surface area contributed by atoms with Crippen molar-refractivity contribution in [1.29, 1.82) is 0 Å². The molecule has 0 spiro atoms. The van der Waals surface area contributed by atoms with E-state index in [9.17, 15) is 4.79 Å². The van der Waals surface area contributed by atoms with Crippen LogP contribution in [0.25, 0.3) is 0 Å². The third-order valence-corrected chi connectivity index (χ3v) is 4.13. The van der Waals surface area contributed by atoms with Crippen LogP contribution in [0.15, 0.2) is 16.2 Å². The number of nitrogens with zero attached hydrogens (tertiary/aromatic N) is 2. The molecule has 3 N–H and O–H groups in total. The van der Waals surface area contributed by atoms with Crippen molar-refractivity contribution in [3.8, 4) is 0 Å². The van der Waals surface area contributed by atoms with Gasteiger partial charge in [0.25, 0.3) is 5.91 Å². The predicted octanol–water partition coefficient (Wildman–Crippen LogP) is 2.05. The quantitative estimate of drug-likeness (QED) is 0.495. The SMILES string of the molecule is Cc1cc2c(c(C)c1C)CC(C)(C)N=C2/C(=N/O)C(N)=O. The average Bonchev–Trinajstić information content (AvgIpc) is 2.37. The van der Waals surface area contributed by atoms with E-state index < -0.39 is 5.91 Å². The number of nitrogens with two attached hydrogens (primary N) is 1. The summed E-state index contributed by atoms with van der Waals surface area (Å²) in [5.41, 5.74) is 10.6. The molecule has 5 heteroatoms. The van der Waals surface area contributed by atoms with E-state index in [0.29, 0.717) is 5.71 Å². The van der Waals surface area contributed by atoms with Crippen molar-refractivity contribution in [3.05, 3.63) is 33.9 Å². The molecular formula is C16H21N3O2. The van der Waals surface area contributed by atoms with Gasteiger partial charge in [0.1, 0.15) is 5.71 Å². The van der Waals surface area contributed by atoms with Gasteiger partial charge in [-0.05, 0) is 69.4 Å². The van der Waals surface area contributed by atoms with Crippen molar-refractivity contribution in [3.63, 3.8) is 0 Å². The first-order valence-corrected chi connectivity index (χ1v) is 6.90. The summed E-state index contributed by atoms with van der Waals surface area (Å²) in [6.07, 6.45) is 0.774. The molecule has 1 aromatic rings. The van der Waals surface area contributed by atoms with E-state index in [-0.39, 0.29) is 11.3 Å². The van der Waals surface area contributed by atoms with Crippen molar-refractivity contribution in [2.24, 2.45) is 15.9 Å². The summed E-state index contributed by atoms with van der Waals surface area (Å²) < 4.78 is 0. The molecule has 0 fully saturated rings. The lowest BCUT2D eigenvalue weighted by molar-refractivity contribution is -0.111. The van der Waals surface area contributed by atoms with Gasteiger partial charge in [0.05, 0.1) is 5.54 Å². The fraction of sp³-hybridized carbons (Fsp3) is 0.438. The lowest BCUT2D eigenvalue weighted by Gasteiger charge is -2.31. The molecule has 0 atom stereocenters. The molecule has 0 aromatic heterocycles. The Morgan fingerprint density at radius 1 is 1.33 bits per heavy atom. The van der Waals surface area contributed by atoms with E-state index in [1.54, 1.807) is 0 Å². The van der Waals surface area contributed by atoms with Gasteiger partial charge in [-0.3, -0.25) is 9.79 Å². The summed E-state index contributed by atoms with van der Waals surface area (Å²) in [7, 11) is 0. The smallest absolute Gasteiger partial charge is 0.273 e. The van der Waals surface area contributed by atoms with Gasteiger partial charge in [0.15, 0.2) is 5.71 Å². The van der Waals surface area contributed by atoms with Gasteiger partial charge < -0.3 is 10.9 Å². The minimum absolute atomic E-state index is 0.188. The Morgan fingerprint density at radius 3 is 2.48 bits per heavy atom. The molecule has 1 aliphatic rings. The lowest BCUT2D eigenvalue weighted by Crippen LogP contribution is -2.38. The van der Waals surface area contributed by atoms with Crippen LogP contribution in [-0.2, 0) is 11.2 Å². The molecule has 112 valence electrons. The minimum atomic E-state index is -0.782. The van der Waals surface area contributed by atoms with E-state index >= 15 is 0 Å². The number of hydrogen-bond donors (Lipinski definition) is 2. The molecule has 21 heavy (non-hydrogen) atoms. The monoisotopic (exact) mass is 287 g/mol. The van der Waals surface area contributed by atoms with Crippen molar-refractivity contribution in [1.82, 2.24) is 0 Å². The molecule has 0 radical (unpaired) electrons. The summed E-state index contributed by atoms with van der Waals surface area (Å²) in [6.45, 7) is 10.1. The zero-order valence-corrected chi connectivity index (χ0v) is 13.1. The normalized spacial score (nSPS) is 17.2. The second-order valence-electron chi connectivity index (χ2n) is 6.23. The summed E-state index contributed by atoms with van der Waals surface area (Å²) in [5.74, 6) is -0.782. The largest absolute Gasteiger partial charge is 0.410 e. The van der Waals surface area contributed by atoms with E-state index in [4.69, 9.17) is 10.9 Å². The van der Waals surface area contributed by atoms with E-state index in [2.05, 4.69) is 24.0 Å². The third-order valence-electron chi connectivity index (χ3n) is 4.13. The molecule has 0 bridgehead atoms. The number of hydrogen-bond acceptors (Lipinski definition) is 4. The number of benzene rings is 1. The first kappa shape index (κ1) is 15.2. The van der Waals surface area contributed by atoms with E-state index in [1.807, 2.05) is 26.8 Å². The van der Waals surface area contributed by atoms with Crippen molar-refractivity contribution in [2.45, 2.75) is 46.6 Å². The van der Waals surface area contributed by atoms with Crippen LogP contribution in [0.5, 0.6) is 0 Å². The highest BCUT2D eigenvalue weighted by molar-refractivity contribution is 6.70. The predicted molar refractivity (Wildman–Crippen MR) is 83.4 cm³/mol. The number of fused-ring (bicyclic) bond motifs is 1. The molecule has 1 heterocycles. The summed E-state index contributed by atoms with van der Waals surface area (Å²) in [5, 5.41) is 12.2. The van der Waals surface area contributed by atoms with Crippen LogP contribution in [0.3, 0.4) is 0 Å². The van der Waals surface area contributed by atoms with Crippen LogP contribution in [0.2, 0.25) is 0 Å². The second-order valence-corrected chi connectivity index (χ2v) is 6.23. The summed E-state index contributed by atoms with van der Waals surface area (Å²) >= 11 is 0. The number of oxime groups is 1. The van der Waals surface area contributed by atoms with Crippen LogP contribution in [0, 0.1) is 20.8 Å². The maximum atomic E-state index is 11.5. The highest BCUT2D eigenvalue weighted by Gasteiger charge is 2.32. The fourth-order valence-corrected chi connectivity index (χ4v) is 2.80. The van der Waals surface area contributed by atoms with Gasteiger partial charge in [0.2, 0.25) is 0 Å². The molecule has 5 nitrogen and oxygen atoms in total. The summed E-state index contributed by atoms with van der Waals surface area (Å²) in [6, 6.07) is 1.99. The Kier molecular flexibility index (Phi) is 3.61. The van der Waals surface area contributed by atoms with Gasteiger partial charge in [-0.1, -0.05) is 5.16 Å². The molecule has 1 aromatic carbocycles. The first-order valence-electron chi connectivity index (χ1n) is 6.90. The second kappa shape index (κ2) is 4.98. The molecule has 1 amide bonds. The Bertz CT molecular complexity index is 685. The topological polar surface area (TPSA) is 88.0 Å². The first-order chi connectivity index (χ1) is 9.68. The van der Waals surface area contributed by atoms with Crippen molar-refractivity contribution < 1.29 is 10.0 Å². The number of aryl methyl sites for hydroxylation is 1. The minimum Gasteiger partial charge on any atom is -0.410 e. The van der Waals surface area contributed by atoms with Crippen LogP contribution < -0.4 is 5.73 Å². The van der Waals surface area contributed by atoms with Gasteiger partial charge >= 0.3 is 0 Å². The third kappa shape index (κ3) is 2.55. The van der Waals surface area contributed by atoms with Crippen LogP contribution in [0.4, 0.5) is 0 Å². The zero-order valence-electron chi connectivity index (χ0n) is 13.1. The number of rotatable bonds is 2. The van der Waals surface area contributed by atoms with Crippen LogP contribution in [-0.4, -0.2) is 28.1 Å². The van der Waals surface area contributed by atoms with E-state index in [1.165, 1.54) is 11.1 Å². The Balaban J connectivity index is 2.79. The fourth-order valence-electron chi connectivity index (χ4n) is 2.80. The van der Waals surface area contributed by atoms with Crippen molar-refractivity contribution >= 4 is 17.3 Å². The number of carbonyl (C=O) groups is 1. The lowest BCUT2D eigenvalue weighted by atomic mass is 9.81. The van der Waals surface area contributed by atoms with Crippen LogP contribution in [0.1, 0.15) is 41.7 Å². The van der Waals surface area contributed by atoms with Gasteiger partial charge in [-0.25, -0.2) is 0 Å². The zero-order chi connectivity index (χ0) is 15.9. The van der Waals surface area contributed by atoms with E-state index in [0.717, 1.165) is 23.1 Å².